The van der Waals surface area contributed by atoms with Crippen molar-refractivity contribution >= 4 is 6.29 Å². The van der Waals surface area contributed by atoms with Crippen LogP contribution in [0.3, 0.4) is 0 Å². The van der Waals surface area contributed by atoms with Gasteiger partial charge in [-0.2, -0.15) is 0 Å². The van der Waals surface area contributed by atoms with Crippen LogP contribution in [0.1, 0.15) is 40.0 Å². The number of hydrogen-bond donors (Lipinski definition) is 0. The van der Waals surface area contributed by atoms with E-state index in [1.54, 1.807) is 0 Å². The molecule has 1 heteroatoms. The first-order chi connectivity index (χ1) is 5.12. The van der Waals surface area contributed by atoms with Crippen molar-refractivity contribution in [2.75, 3.05) is 0 Å². The quantitative estimate of drug-likeness (QED) is 0.439. The summed E-state index contributed by atoms with van der Waals surface area (Å²) >= 11 is 0. The molecule has 0 aromatic rings. The van der Waals surface area contributed by atoms with Gasteiger partial charge in [-0.05, 0) is 25.2 Å². The van der Waals surface area contributed by atoms with Crippen molar-refractivity contribution in [1.29, 1.82) is 0 Å². The fourth-order valence-corrected chi connectivity index (χ4v) is 0.968. The van der Waals surface area contributed by atoms with E-state index in [0.29, 0.717) is 6.42 Å². The summed E-state index contributed by atoms with van der Waals surface area (Å²) < 4.78 is 0. The molecule has 0 amide bonds. The lowest BCUT2D eigenvalue weighted by Gasteiger charge is -2.20. The van der Waals surface area contributed by atoms with Crippen LogP contribution in [0.4, 0.5) is 0 Å². The summed E-state index contributed by atoms with van der Waals surface area (Å²) in [5.74, 6) is 0. The zero-order valence-electron chi connectivity index (χ0n) is 7.76. The van der Waals surface area contributed by atoms with E-state index in [4.69, 9.17) is 0 Å². The zero-order chi connectivity index (χ0) is 8.74. The van der Waals surface area contributed by atoms with Gasteiger partial charge in [0.2, 0.25) is 0 Å². The normalized spacial score (nSPS) is 12.3. The molecule has 0 bridgehead atoms. The van der Waals surface area contributed by atoms with E-state index in [0.717, 1.165) is 19.1 Å². The fourth-order valence-electron chi connectivity index (χ4n) is 0.968. The Balaban J connectivity index is 3.62. The number of carbonyl (C=O) groups is 1. The highest BCUT2D eigenvalue weighted by molar-refractivity contribution is 5.50. The Morgan fingerprint density at radius 1 is 1.36 bits per heavy atom. The Labute approximate surface area is 69.5 Å². The first-order valence-electron chi connectivity index (χ1n) is 4.17. The van der Waals surface area contributed by atoms with Crippen LogP contribution >= 0.6 is 0 Å². The first-order valence-corrected chi connectivity index (χ1v) is 4.17. The molecule has 0 aliphatic rings. The smallest absolute Gasteiger partial charge is 0.120 e. The Morgan fingerprint density at radius 2 is 2.00 bits per heavy atom. The number of hydrogen-bond acceptors (Lipinski definition) is 1. The molecule has 0 aromatic heterocycles. The van der Waals surface area contributed by atoms with Crippen LogP contribution in [0.2, 0.25) is 0 Å². The molecule has 0 aliphatic heterocycles. The first kappa shape index (κ1) is 10.4. The van der Waals surface area contributed by atoms with Crippen LogP contribution < -0.4 is 0 Å². The monoisotopic (exact) mass is 154 g/mol. The number of allylic oxidation sites excluding steroid dienone is 2. The maximum Gasteiger partial charge on any atom is 0.120 e. The number of aldehydes is 1. The Kier molecular flexibility index (Phi) is 4.84. The highest BCUT2D eigenvalue weighted by Crippen LogP contribution is 2.25. The van der Waals surface area contributed by atoms with Gasteiger partial charge in [0, 0.05) is 6.42 Å². The maximum atomic E-state index is 10.2. The molecule has 64 valence electrons. The van der Waals surface area contributed by atoms with Crippen LogP contribution in [-0.2, 0) is 4.79 Å². The summed E-state index contributed by atoms with van der Waals surface area (Å²) in [4.78, 5) is 10.2. The lowest BCUT2D eigenvalue weighted by molar-refractivity contribution is -0.109. The topological polar surface area (TPSA) is 17.1 Å². The highest BCUT2D eigenvalue weighted by Gasteiger charge is 2.15. The van der Waals surface area contributed by atoms with Gasteiger partial charge in [0.25, 0.3) is 0 Å². The average Bonchev–Trinajstić information content (AvgIpc) is 1.87. The van der Waals surface area contributed by atoms with Crippen LogP contribution in [-0.4, -0.2) is 6.29 Å². The van der Waals surface area contributed by atoms with Crippen LogP contribution in [0.15, 0.2) is 12.2 Å². The second kappa shape index (κ2) is 5.11. The lowest BCUT2D eigenvalue weighted by Crippen LogP contribution is -2.10. The van der Waals surface area contributed by atoms with E-state index in [-0.39, 0.29) is 5.41 Å². The third kappa shape index (κ3) is 5.84. The predicted octanol–water partition coefficient (Wildman–Crippen LogP) is 2.96. The molecule has 0 unspecified atom stereocenters. The predicted molar refractivity (Wildman–Crippen MR) is 48.5 cm³/mol. The minimum atomic E-state index is 0.182. The van der Waals surface area contributed by atoms with E-state index >= 15 is 0 Å². The van der Waals surface area contributed by atoms with Crippen molar-refractivity contribution in [3.05, 3.63) is 12.2 Å². The van der Waals surface area contributed by atoms with Gasteiger partial charge in [-0.15, -0.1) is 0 Å². The molecule has 0 spiro atoms. The van der Waals surface area contributed by atoms with Crippen LogP contribution in [0, 0.1) is 5.41 Å². The third-order valence-electron chi connectivity index (χ3n) is 1.86. The SMILES string of the molecule is CC=CCCC(C)(C)CC=O. The molecule has 0 N–H and O–H groups in total. The summed E-state index contributed by atoms with van der Waals surface area (Å²) in [6.07, 6.45) is 8.05. The summed E-state index contributed by atoms with van der Waals surface area (Å²) in [6, 6.07) is 0. The Morgan fingerprint density at radius 3 is 2.45 bits per heavy atom. The zero-order valence-corrected chi connectivity index (χ0v) is 7.76. The van der Waals surface area contributed by atoms with Gasteiger partial charge in [0.15, 0.2) is 0 Å². The summed E-state index contributed by atoms with van der Waals surface area (Å²) in [5.41, 5.74) is 0.182. The molecule has 0 heterocycles. The lowest BCUT2D eigenvalue weighted by atomic mass is 9.85. The maximum absolute atomic E-state index is 10.2. The van der Waals surface area contributed by atoms with Gasteiger partial charge in [0.05, 0.1) is 0 Å². The van der Waals surface area contributed by atoms with Crippen molar-refractivity contribution < 1.29 is 4.79 Å². The van der Waals surface area contributed by atoms with Gasteiger partial charge in [-0.25, -0.2) is 0 Å². The number of carbonyl (C=O) groups excluding carboxylic acids is 1. The van der Waals surface area contributed by atoms with Gasteiger partial charge in [-0.3, -0.25) is 0 Å². The molecular formula is C10H18O. The van der Waals surface area contributed by atoms with Crippen molar-refractivity contribution in [3.63, 3.8) is 0 Å². The molecule has 11 heavy (non-hydrogen) atoms. The Bertz CT molecular complexity index is 134. The standard InChI is InChI=1S/C10H18O/c1-4-5-6-7-10(2,3)8-9-11/h4-5,9H,6-8H2,1-3H3. The minimum Gasteiger partial charge on any atom is -0.303 e. The van der Waals surface area contributed by atoms with Crippen LogP contribution in [0.25, 0.3) is 0 Å². The molecule has 1 nitrogen and oxygen atoms in total. The van der Waals surface area contributed by atoms with E-state index in [1.807, 2.05) is 6.92 Å². The van der Waals surface area contributed by atoms with E-state index < -0.39 is 0 Å². The Hall–Kier alpha value is -0.590. The summed E-state index contributed by atoms with van der Waals surface area (Å²) in [7, 11) is 0. The summed E-state index contributed by atoms with van der Waals surface area (Å²) in [5, 5.41) is 0. The van der Waals surface area contributed by atoms with Gasteiger partial charge >= 0.3 is 0 Å². The van der Waals surface area contributed by atoms with Gasteiger partial charge in [-0.1, -0.05) is 26.0 Å². The minimum absolute atomic E-state index is 0.182. The van der Waals surface area contributed by atoms with Gasteiger partial charge < -0.3 is 4.79 Å². The van der Waals surface area contributed by atoms with Crippen LogP contribution in [0.5, 0.6) is 0 Å². The highest BCUT2D eigenvalue weighted by atomic mass is 16.1. The number of rotatable bonds is 5. The molecule has 0 radical (unpaired) electrons. The molecule has 0 fully saturated rings. The van der Waals surface area contributed by atoms with Crippen molar-refractivity contribution in [2.45, 2.75) is 40.0 Å². The second-order valence-electron chi connectivity index (χ2n) is 3.64. The summed E-state index contributed by atoms with van der Waals surface area (Å²) in [6.45, 7) is 6.28. The molecule has 0 atom stereocenters. The fraction of sp³-hybridized carbons (Fsp3) is 0.700. The molecular weight excluding hydrogens is 136 g/mol. The van der Waals surface area contributed by atoms with Crippen molar-refractivity contribution in [3.8, 4) is 0 Å². The van der Waals surface area contributed by atoms with E-state index in [9.17, 15) is 4.79 Å². The second-order valence-corrected chi connectivity index (χ2v) is 3.64. The molecule has 0 saturated heterocycles. The van der Waals surface area contributed by atoms with Crippen molar-refractivity contribution in [2.24, 2.45) is 5.41 Å². The van der Waals surface area contributed by atoms with E-state index in [2.05, 4.69) is 26.0 Å². The van der Waals surface area contributed by atoms with Crippen molar-refractivity contribution in [1.82, 2.24) is 0 Å². The molecule has 0 aromatic carbocycles. The average molecular weight is 154 g/mol. The van der Waals surface area contributed by atoms with E-state index in [1.165, 1.54) is 0 Å². The van der Waals surface area contributed by atoms with Gasteiger partial charge in [0.1, 0.15) is 6.29 Å². The molecule has 0 rings (SSSR count). The molecule has 0 saturated carbocycles. The largest absolute Gasteiger partial charge is 0.303 e. The third-order valence-corrected chi connectivity index (χ3v) is 1.86. The molecule has 0 aliphatic carbocycles.